The second-order valence-electron chi connectivity index (χ2n) is 5.43. The van der Waals surface area contributed by atoms with Gasteiger partial charge < -0.3 is 0 Å². The van der Waals surface area contributed by atoms with Gasteiger partial charge in [0.25, 0.3) is 5.69 Å². The molecule has 0 spiro atoms. The Hall–Kier alpha value is -1.38. The first-order chi connectivity index (χ1) is 8.11. The normalized spacial score (nSPS) is 18.9. The monoisotopic (exact) mass is 233 g/mol. The predicted molar refractivity (Wildman–Crippen MR) is 68.0 cm³/mol. The first-order valence-corrected chi connectivity index (χ1v) is 6.33. The molecule has 0 heterocycles. The molecule has 3 heteroatoms. The van der Waals surface area contributed by atoms with Gasteiger partial charge >= 0.3 is 0 Å². The predicted octanol–water partition coefficient (Wildman–Crippen LogP) is 4.11. The molecule has 92 valence electrons. The van der Waals surface area contributed by atoms with Crippen molar-refractivity contribution >= 4 is 5.69 Å². The molecule has 2 rings (SSSR count). The van der Waals surface area contributed by atoms with Crippen molar-refractivity contribution in [2.75, 3.05) is 0 Å². The van der Waals surface area contributed by atoms with Crippen LogP contribution in [0.5, 0.6) is 0 Å². The fraction of sp³-hybridized carbons (Fsp3) is 0.571. The van der Waals surface area contributed by atoms with Crippen LogP contribution in [0.15, 0.2) is 24.3 Å². The lowest BCUT2D eigenvalue weighted by Gasteiger charge is -2.33. The van der Waals surface area contributed by atoms with Crippen LogP contribution in [0.25, 0.3) is 0 Å². The van der Waals surface area contributed by atoms with Crippen molar-refractivity contribution in [1.82, 2.24) is 0 Å². The van der Waals surface area contributed by atoms with E-state index >= 15 is 0 Å². The third kappa shape index (κ3) is 2.84. The van der Waals surface area contributed by atoms with Crippen molar-refractivity contribution in [2.45, 2.75) is 45.4 Å². The molecule has 0 aromatic heterocycles. The molecule has 1 fully saturated rings. The minimum atomic E-state index is -0.262. The van der Waals surface area contributed by atoms with Crippen LogP contribution < -0.4 is 0 Å². The van der Waals surface area contributed by atoms with Crippen LogP contribution in [0.4, 0.5) is 5.69 Å². The molecule has 17 heavy (non-hydrogen) atoms. The van der Waals surface area contributed by atoms with Crippen molar-refractivity contribution in [3.8, 4) is 0 Å². The summed E-state index contributed by atoms with van der Waals surface area (Å²) in [5.74, 6) is 0. The number of nitro groups is 1. The number of hydrogen-bond donors (Lipinski definition) is 0. The highest BCUT2D eigenvalue weighted by Crippen LogP contribution is 2.40. The Labute approximate surface area is 102 Å². The molecule has 0 radical (unpaired) electrons. The van der Waals surface area contributed by atoms with Crippen LogP contribution in [-0.4, -0.2) is 4.92 Å². The summed E-state index contributed by atoms with van der Waals surface area (Å²) in [4.78, 5) is 10.7. The van der Waals surface area contributed by atoms with Gasteiger partial charge in [-0.15, -0.1) is 0 Å². The van der Waals surface area contributed by atoms with E-state index in [-0.39, 0.29) is 16.0 Å². The second-order valence-corrected chi connectivity index (χ2v) is 5.43. The molecule has 0 bridgehead atoms. The van der Waals surface area contributed by atoms with Gasteiger partial charge in [-0.2, -0.15) is 0 Å². The zero-order valence-corrected chi connectivity index (χ0v) is 10.3. The summed E-state index contributed by atoms with van der Waals surface area (Å²) in [7, 11) is 0. The fourth-order valence-electron chi connectivity index (χ4n) is 2.88. The summed E-state index contributed by atoms with van der Waals surface area (Å²) < 4.78 is 0. The Morgan fingerprint density at radius 2 is 1.88 bits per heavy atom. The van der Waals surface area contributed by atoms with E-state index in [1.807, 2.05) is 12.1 Å². The molecule has 1 aliphatic rings. The maximum atomic E-state index is 11.0. The molecule has 0 atom stereocenters. The highest BCUT2D eigenvalue weighted by atomic mass is 16.6. The Morgan fingerprint density at radius 3 is 2.53 bits per heavy atom. The topological polar surface area (TPSA) is 43.1 Å². The van der Waals surface area contributed by atoms with E-state index < -0.39 is 0 Å². The minimum absolute atomic E-state index is 0.254. The van der Waals surface area contributed by atoms with E-state index in [2.05, 4.69) is 6.92 Å². The maximum Gasteiger partial charge on any atom is 0.272 e. The molecular formula is C14H19NO2. The van der Waals surface area contributed by atoms with Gasteiger partial charge in [0.2, 0.25) is 0 Å². The molecule has 0 amide bonds. The molecular weight excluding hydrogens is 214 g/mol. The van der Waals surface area contributed by atoms with Crippen LogP contribution in [-0.2, 0) is 6.42 Å². The van der Waals surface area contributed by atoms with Crippen LogP contribution in [0.2, 0.25) is 0 Å². The van der Waals surface area contributed by atoms with Crippen molar-refractivity contribution in [3.63, 3.8) is 0 Å². The van der Waals surface area contributed by atoms with E-state index in [1.54, 1.807) is 12.1 Å². The van der Waals surface area contributed by atoms with Crippen LogP contribution in [0.3, 0.4) is 0 Å². The zero-order chi connectivity index (χ0) is 12.3. The second kappa shape index (κ2) is 4.86. The van der Waals surface area contributed by atoms with Crippen LogP contribution in [0.1, 0.15) is 44.6 Å². The fourth-order valence-corrected chi connectivity index (χ4v) is 2.88. The van der Waals surface area contributed by atoms with E-state index in [1.165, 1.54) is 32.1 Å². The lowest BCUT2D eigenvalue weighted by atomic mass is 9.72. The number of benzene rings is 1. The Bertz CT molecular complexity index is 408. The highest BCUT2D eigenvalue weighted by molar-refractivity contribution is 5.40. The Morgan fingerprint density at radius 1 is 1.24 bits per heavy atom. The number of nitrogens with zero attached hydrogens (tertiary/aromatic N) is 1. The van der Waals surface area contributed by atoms with E-state index in [0.717, 1.165) is 12.0 Å². The minimum Gasteiger partial charge on any atom is -0.258 e. The highest BCUT2D eigenvalue weighted by Gasteiger charge is 2.29. The first-order valence-electron chi connectivity index (χ1n) is 6.33. The van der Waals surface area contributed by atoms with E-state index in [9.17, 15) is 10.1 Å². The average Bonchev–Trinajstić information content (AvgIpc) is 2.29. The molecule has 1 aromatic rings. The van der Waals surface area contributed by atoms with Gasteiger partial charge in [-0.25, -0.2) is 0 Å². The number of nitro benzene ring substituents is 1. The molecule has 0 aliphatic heterocycles. The molecule has 0 unspecified atom stereocenters. The molecule has 3 nitrogen and oxygen atoms in total. The smallest absolute Gasteiger partial charge is 0.258 e. The number of para-hydroxylation sites is 1. The standard InChI is InChI=1S/C14H19NO2/c1-14(9-5-2-6-10-14)11-12-7-3-4-8-13(12)15(16)17/h3-4,7-8H,2,5-6,9-11H2,1H3. The summed E-state index contributed by atoms with van der Waals surface area (Å²) in [5, 5.41) is 11.0. The van der Waals surface area contributed by atoms with Gasteiger partial charge in [-0.1, -0.05) is 44.4 Å². The van der Waals surface area contributed by atoms with Crippen LogP contribution >= 0.6 is 0 Å². The zero-order valence-electron chi connectivity index (χ0n) is 10.3. The Kier molecular flexibility index (Phi) is 3.46. The molecule has 1 aromatic carbocycles. The summed E-state index contributed by atoms with van der Waals surface area (Å²) in [5.41, 5.74) is 1.42. The lowest BCUT2D eigenvalue weighted by Crippen LogP contribution is -2.23. The molecule has 0 saturated heterocycles. The van der Waals surface area contributed by atoms with Gasteiger partial charge in [0.05, 0.1) is 4.92 Å². The van der Waals surface area contributed by atoms with Gasteiger partial charge in [0.15, 0.2) is 0 Å². The van der Waals surface area contributed by atoms with Crippen molar-refractivity contribution in [1.29, 1.82) is 0 Å². The van der Waals surface area contributed by atoms with Crippen LogP contribution in [0, 0.1) is 15.5 Å². The third-order valence-corrected chi connectivity index (χ3v) is 3.87. The first kappa shape index (κ1) is 12.1. The number of hydrogen-bond acceptors (Lipinski definition) is 2. The molecule has 0 N–H and O–H groups in total. The van der Waals surface area contributed by atoms with Gasteiger partial charge in [0.1, 0.15) is 0 Å². The van der Waals surface area contributed by atoms with Crippen molar-refractivity contribution < 1.29 is 4.92 Å². The van der Waals surface area contributed by atoms with Gasteiger partial charge in [-0.3, -0.25) is 10.1 Å². The molecule has 1 saturated carbocycles. The average molecular weight is 233 g/mol. The summed E-state index contributed by atoms with van der Waals surface area (Å²) in [6.45, 7) is 2.27. The molecule has 1 aliphatic carbocycles. The summed E-state index contributed by atoms with van der Waals surface area (Å²) in [6.07, 6.45) is 7.06. The van der Waals surface area contributed by atoms with Crippen molar-refractivity contribution in [3.05, 3.63) is 39.9 Å². The van der Waals surface area contributed by atoms with E-state index in [0.29, 0.717) is 0 Å². The number of rotatable bonds is 3. The summed E-state index contributed by atoms with van der Waals surface area (Å²) in [6, 6.07) is 7.15. The van der Waals surface area contributed by atoms with Crippen molar-refractivity contribution in [2.24, 2.45) is 5.41 Å². The lowest BCUT2D eigenvalue weighted by molar-refractivity contribution is -0.385. The largest absolute Gasteiger partial charge is 0.272 e. The summed E-state index contributed by atoms with van der Waals surface area (Å²) >= 11 is 0. The SMILES string of the molecule is CC1(Cc2ccccc2[N+](=O)[O-])CCCCC1. The quantitative estimate of drug-likeness (QED) is 0.582. The Balaban J connectivity index is 2.20. The van der Waals surface area contributed by atoms with E-state index in [4.69, 9.17) is 0 Å². The maximum absolute atomic E-state index is 11.0. The van der Waals surface area contributed by atoms with Gasteiger partial charge in [0, 0.05) is 11.6 Å². The third-order valence-electron chi connectivity index (χ3n) is 3.87. The van der Waals surface area contributed by atoms with Gasteiger partial charge in [-0.05, 0) is 24.7 Å².